The van der Waals surface area contributed by atoms with Crippen molar-refractivity contribution in [2.45, 2.75) is 0 Å². The summed E-state index contributed by atoms with van der Waals surface area (Å²) in [6, 6.07) is 7.83. The average Bonchev–Trinajstić information content (AvgIpc) is 2.30. The van der Waals surface area contributed by atoms with E-state index in [1.165, 1.54) is 5.69 Å². The van der Waals surface area contributed by atoms with Crippen LogP contribution in [0.5, 0.6) is 0 Å². The maximum Gasteiger partial charge on any atom is 0.0603 e. The fourth-order valence-electron chi connectivity index (χ4n) is 1.81. The number of nitrogens with one attached hydrogen (secondary N) is 1. The first-order valence-electron chi connectivity index (χ1n) is 5.23. The minimum absolute atomic E-state index is 0.730. The van der Waals surface area contributed by atoms with Crippen LogP contribution in [-0.4, -0.2) is 43.3 Å². The highest BCUT2D eigenvalue weighted by molar-refractivity contribution is 5.54. The highest BCUT2D eigenvalue weighted by Gasteiger charge is 2.13. The number of benzene rings is 1. The maximum atomic E-state index is 8.70. The van der Waals surface area contributed by atoms with Crippen molar-refractivity contribution >= 4 is 11.4 Å². The van der Waals surface area contributed by atoms with Crippen molar-refractivity contribution in [3.8, 4) is 0 Å². The summed E-state index contributed by atoms with van der Waals surface area (Å²) in [5.74, 6) is 0. The minimum Gasteiger partial charge on any atom is -0.369 e. The van der Waals surface area contributed by atoms with Gasteiger partial charge in [0.05, 0.1) is 5.69 Å². The predicted octanol–water partition coefficient (Wildman–Crippen LogP) is 1.24. The lowest BCUT2D eigenvalue weighted by Gasteiger charge is -2.34. The fraction of sp³-hybridized carbons (Fsp3) is 0.455. The zero-order valence-corrected chi connectivity index (χ0v) is 8.98. The maximum absolute atomic E-state index is 8.70. The van der Waals surface area contributed by atoms with Crippen molar-refractivity contribution in [1.82, 2.24) is 4.90 Å². The Hall–Kier alpha value is -1.26. The molecule has 1 fully saturated rings. The van der Waals surface area contributed by atoms with Crippen LogP contribution in [0.15, 0.2) is 24.3 Å². The van der Waals surface area contributed by atoms with Gasteiger partial charge in [0.15, 0.2) is 0 Å². The molecule has 2 N–H and O–H groups in total. The third kappa shape index (κ3) is 2.40. The number of hydrogen-bond donors (Lipinski definition) is 2. The molecule has 4 heteroatoms. The molecule has 0 radical (unpaired) electrons. The summed E-state index contributed by atoms with van der Waals surface area (Å²) in [6.07, 6.45) is 0. The molecule has 1 saturated heterocycles. The quantitative estimate of drug-likeness (QED) is 0.716. The summed E-state index contributed by atoms with van der Waals surface area (Å²) < 4.78 is 0. The van der Waals surface area contributed by atoms with E-state index in [9.17, 15) is 0 Å². The van der Waals surface area contributed by atoms with Crippen LogP contribution in [0, 0.1) is 0 Å². The largest absolute Gasteiger partial charge is 0.369 e. The molecule has 0 aromatic heterocycles. The van der Waals surface area contributed by atoms with E-state index in [1.807, 2.05) is 24.3 Å². The topological polar surface area (TPSA) is 38.7 Å². The van der Waals surface area contributed by atoms with Crippen LogP contribution in [0.1, 0.15) is 0 Å². The van der Waals surface area contributed by atoms with E-state index in [4.69, 9.17) is 5.21 Å². The molecule has 1 heterocycles. The van der Waals surface area contributed by atoms with Gasteiger partial charge in [0.25, 0.3) is 0 Å². The number of likely N-dealkylation sites (N-methyl/N-ethyl adjacent to an activating group) is 1. The van der Waals surface area contributed by atoms with Crippen LogP contribution >= 0.6 is 0 Å². The van der Waals surface area contributed by atoms with E-state index in [0.29, 0.717) is 0 Å². The first-order chi connectivity index (χ1) is 7.29. The Morgan fingerprint density at radius 1 is 1.07 bits per heavy atom. The molecule has 0 unspecified atom stereocenters. The first kappa shape index (κ1) is 10.3. The molecular weight excluding hydrogens is 190 g/mol. The second-order valence-corrected chi connectivity index (χ2v) is 3.95. The van der Waals surface area contributed by atoms with Crippen LogP contribution < -0.4 is 10.4 Å². The van der Waals surface area contributed by atoms with Crippen molar-refractivity contribution in [3.05, 3.63) is 24.3 Å². The standard InChI is InChI=1S/C11H17N3O/c1-13-6-8-14(9-7-13)11-4-2-10(12-15)3-5-11/h2-5,12,15H,6-9H2,1H3. The normalized spacial score (nSPS) is 17.9. The minimum atomic E-state index is 0.730. The number of rotatable bonds is 2. The zero-order valence-electron chi connectivity index (χ0n) is 8.98. The number of anilines is 2. The van der Waals surface area contributed by atoms with Crippen LogP contribution in [-0.2, 0) is 0 Å². The molecule has 82 valence electrons. The van der Waals surface area contributed by atoms with Gasteiger partial charge < -0.3 is 9.80 Å². The lowest BCUT2D eigenvalue weighted by Crippen LogP contribution is -2.44. The van der Waals surface area contributed by atoms with E-state index in [-0.39, 0.29) is 0 Å². The smallest absolute Gasteiger partial charge is 0.0603 e. The summed E-state index contributed by atoms with van der Waals surface area (Å²) in [5, 5.41) is 8.70. The third-order valence-corrected chi connectivity index (χ3v) is 2.86. The number of nitrogens with zero attached hydrogens (tertiary/aromatic N) is 2. The van der Waals surface area contributed by atoms with Crippen LogP contribution in [0.2, 0.25) is 0 Å². The van der Waals surface area contributed by atoms with Crippen molar-refractivity contribution < 1.29 is 5.21 Å². The number of hydrogen-bond acceptors (Lipinski definition) is 4. The Morgan fingerprint density at radius 2 is 1.67 bits per heavy atom. The summed E-state index contributed by atoms with van der Waals surface area (Å²) in [7, 11) is 2.15. The Bertz CT molecular complexity index is 304. The molecular formula is C11H17N3O. The molecule has 2 rings (SSSR count). The van der Waals surface area contributed by atoms with E-state index in [1.54, 1.807) is 0 Å². The predicted molar refractivity (Wildman–Crippen MR) is 61.6 cm³/mol. The van der Waals surface area contributed by atoms with Gasteiger partial charge in [0.2, 0.25) is 0 Å². The van der Waals surface area contributed by atoms with E-state index in [0.717, 1.165) is 31.9 Å². The summed E-state index contributed by atoms with van der Waals surface area (Å²) in [6.45, 7) is 4.37. The first-order valence-corrected chi connectivity index (χ1v) is 5.23. The molecule has 15 heavy (non-hydrogen) atoms. The van der Waals surface area contributed by atoms with Gasteiger partial charge in [0, 0.05) is 31.9 Å². The van der Waals surface area contributed by atoms with Gasteiger partial charge in [-0.05, 0) is 31.3 Å². The summed E-state index contributed by atoms with van der Waals surface area (Å²) in [4.78, 5) is 4.70. The lowest BCUT2D eigenvalue weighted by atomic mass is 10.2. The van der Waals surface area contributed by atoms with Gasteiger partial charge in [-0.15, -0.1) is 0 Å². The van der Waals surface area contributed by atoms with Crippen LogP contribution in [0.3, 0.4) is 0 Å². The highest BCUT2D eigenvalue weighted by Crippen LogP contribution is 2.18. The Labute approximate surface area is 90.1 Å². The van der Waals surface area contributed by atoms with Crippen molar-refractivity contribution in [1.29, 1.82) is 0 Å². The van der Waals surface area contributed by atoms with Crippen molar-refractivity contribution in [3.63, 3.8) is 0 Å². The molecule has 0 spiro atoms. The van der Waals surface area contributed by atoms with Crippen LogP contribution in [0.25, 0.3) is 0 Å². The van der Waals surface area contributed by atoms with Gasteiger partial charge in [-0.2, -0.15) is 0 Å². The molecule has 1 aliphatic rings. The molecule has 0 saturated carbocycles. The molecule has 0 amide bonds. The third-order valence-electron chi connectivity index (χ3n) is 2.86. The fourth-order valence-corrected chi connectivity index (χ4v) is 1.81. The highest BCUT2D eigenvalue weighted by atomic mass is 16.5. The molecule has 4 nitrogen and oxygen atoms in total. The Balaban J connectivity index is 2.03. The van der Waals surface area contributed by atoms with E-state index < -0.39 is 0 Å². The van der Waals surface area contributed by atoms with Gasteiger partial charge in [-0.3, -0.25) is 10.7 Å². The zero-order chi connectivity index (χ0) is 10.7. The van der Waals surface area contributed by atoms with Gasteiger partial charge >= 0.3 is 0 Å². The Kier molecular flexibility index (Phi) is 3.08. The van der Waals surface area contributed by atoms with Crippen LogP contribution in [0.4, 0.5) is 11.4 Å². The SMILES string of the molecule is CN1CCN(c2ccc(NO)cc2)CC1. The van der Waals surface area contributed by atoms with Crippen molar-refractivity contribution in [2.75, 3.05) is 43.6 Å². The average molecular weight is 207 g/mol. The van der Waals surface area contributed by atoms with E-state index in [2.05, 4.69) is 22.3 Å². The summed E-state index contributed by atoms with van der Waals surface area (Å²) in [5.41, 5.74) is 4.09. The van der Waals surface area contributed by atoms with E-state index >= 15 is 0 Å². The molecule has 0 atom stereocenters. The van der Waals surface area contributed by atoms with Gasteiger partial charge in [-0.25, -0.2) is 0 Å². The molecule has 0 bridgehead atoms. The second-order valence-electron chi connectivity index (χ2n) is 3.95. The summed E-state index contributed by atoms with van der Waals surface area (Å²) >= 11 is 0. The molecule has 0 aliphatic carbocycles. The van der Waals surface area contributed by atoms with Gasteiger partial charge in [-0.1, -0.05) is 0 Å². The van der Waals surface area contributed by atoms with Crippen molar-refractivity contribution in [2.24, 2.45) is 0 Å². The Morgan fingerprint density at radius 3 is 2.20 bits per heavy atom. The lowest BCUT2D eigenvalue weighted by molar-refractivity contribution is 0.313. The van der Waals surface area contributed by atoms with Gasteiger partial charge in [0.1, 0.15) is 0 Å². The molecule has 1 aromatic carbocycles. The molecule has 1 aromatic rings. The second kappa shape index (κ2) is 4.51. The molecule has 1 aliphatic heterocycles. The monoisotopic (exact) mass is 207 g/mol. The number of piperazine rings is 1.